The lowest BCUT2D eigenvalue weighted by atomic mass is 10.2. The Bertz CT molecular complexity index is 868. The first-order chi connectivity index (χ1) is 10.8. The fourth-order valence-electron chi connectivity index (χ4n) is 1.96. The molecule has 0 aliphatic rings. The SMILES string of the molecule is COC(=O)c1c(N)c(C#N)cn1-c1cc([N+](=O)[O-])cc(Cl)c1O. The Balaban J connectivity index is 2.84. The second kappa shape index (κ2) is 5.86. The molecule has 118 valence electrons. The van der Waals surface area contributed by atoms with Gasteiger partial charge in [0, 0.05) is 18.3 Å². The maximum absolute atomic E-state index is 11.9. The molecule has 0 saturated carbocycles. The zero-order valence-corrected chi connectivity index (χ0v) is 12.4. The molecule has 2 aromatic rings. The molecule has 0 bridgehead atoms. The van der Waals surface area contributed by atoms with Crippen LogP contribution in [0.5, 0.6) is 5.75 Å². The summed E-state index contributed by atoms with van der Waals surface area (Å²) in [5.41, 5.74) is 4.63. The Morgan fingerprint density at radius 3 is 2.74 bits per heavy atom. The number of nitro groups is 1. The summed E-state index contributed by atoms with van der Waals surface area (Å²) in [5, 5.41) is 29.7. The minimum absolute atomic E-state index is 0.0626. The number of hydrogen-bond donors (Lipinski definition) is 2. The first-order valence-corrected chi connectivity index (χ1v) is 6.36. The van der Waals surface area contributed by atoms with Crippen LogP contribution in [0.3, 0.4) is 0 Å². The molecule has 1 aromatic heterocycles. The third-order valence-corrected chi connectivity index (χ3v) is 3.33. The summed E-state index contributed by atoms with van der Waals surface area (Å²) < 4.78 is 5.61. The van der Waals surface area contributed by atoms with E-state index in [1.165, 1.54) is 0 Å². The molecule has 9 nitrogen and oxygen atoms in total. The van der Waals surface area contributed by atoms with Gasteiger partial charge < -0.3 is 20.1 Å². The summed E-state index contributed by atoms with van der Waals surface area (Å²) >= 11 is 5.78. The third-order valence-electron chi connectivity index (χ3n) is 3.04. The van der Waals surface area contributed by atoms with Crippen molar-refractivity contribution in [2.45, 2.75) is 0 Å². The van der Waals surface area contributed by atoms with Crippen LogP contribution in [0, 0.1) is 21.4 Å². The van der Waals surface area contributed by atoms with Gasteiger partial charge in [-0.25, -0.2) is 4.79 Å². The van der Waals surface area contributed by atoms with Crippen LogP contribution < -0.4 is 5.73 Å². The summed E-state index contributed by atoms with van der Waals surface area (Å²) in [6, 6.07) is 3.72. The van der Waals surface area contributed by atoms with E-state index in [4.69, 9.17) is 22.6 Å². The number of halogens is 1. The molecule has 3 N–H and O–H groups in total. The van der Waals surface area contributed by atoms with Crippen molar-refractivity contribution in [3.63, 3.8) is 0 Å². The molecule has 0 aliphatic carbocycles. The van der Waals surface area contributed by atoms with Crippen LogP contribution in [-0.4, -0.2) is 27.7 Å². The maximum Gasteiger partial charge on any atom is 0.357 e. The lowest BCUT2D eigenvalue weighted by Crippen LogP contribution is -2.11. The average molecular weight is 337 g/mol. The van der Waals surface area contributed by atoms with Gasteiger partial charge in [-0.3, -0.25) is 10.1 Å². The van der Waals surface area contributed by atoms with Crippen molar-refractivity contribution in [3.8, 4) is 17.5 Å². The standard InChI is InChI=1S/C13H9ClN4O5/c1-23-13(20)11-10(16)6(4-15)5-17(11)9-3-7(18(21)22)2-8(14)12(9)19/h2-3,5,19H,16H2,1H3. The molecule has 2 rings (SSSR count). The number of phenols is 1. The molecular weight excluding hydrogens is 328 g/mol. The summed E-state index contributed by atoms with van der Waals surface area (Å²) in [4.78, 5) is 22.1. The number of non-ortho nitro benzene ring substituents is 1. The minimum atomic E-state index is -0.883. The van der Waals surface area contributed by atoms with E-state index in [1.807, 2.05) is 0 Å². The number of ether oxygens (including phenoxy) is 1. The summed E-state index contributed by atoms with van der Waals surface area (Å²) in [6.45, 7) is 0. The summed E-state index contributed by atoms with van der Waals surface area (Å²) in [7, 11) is 1.10. The highest BCUT2D eigenvalue weighted by Gasteiger charge is 2.25. The van der Waals surface area contributed by atoms with Gasteiger partial charge in [0.15, 0.2) is 11.4 Å². The highest BCUT2D eigenvalue weighted by Crippen LogP contribution is 2.37. The lowest BCUT2D eigenvalue weighted by molar-refractivity contribution is -0.384. The number of nitro benzene ring substituents is 1. The van der Waals surface area contributed by atoms with E-state index < -0.39 is 22.3 Å². The molecule has 0 radical (unpaired) electrons. The van der Waals surface area contributed by atoms with Crippen LogP contribution in [-0.2, 0) is 4.74 Å². The zero-order valence-electron chi connectivity index (χ0n) is 11.6. The highest BCUT2D eigenvalue weighted by atomic mass is 35.5. The molecule has 0 fully saturated rings. The second-order valence-corrected chi connectivity index (χ2v) is 4.74. The number of anilines is 1. The van der Waals surface area contributed by atoms with Gasteiger partial charge in [-0.05, 0) is 0 Å². The Hall–Kier alpha value is -3.25. The number of nitrogens with two attached hydrogens (primary N) is 1. The number of hydrogen-bond acceptors (Lipinski definition) is 7. The number of rotatable bonds is 3. The normalized spacial score (nSPS) is 10.1. The highest BCUT2D eigenvalue weighted by molar-refractivity contribution is 6.32. The zero-order chi connectivity index (χ0) is 17.3. The fraction of sp³-hybridized carbons (Fsp3) is 0.0769. The van der Waals surface area contributed by atoms with E-state index >= 15 is 0 Å². The predicted octanol–water partition coefficient (Wildman–Crippen LogP) is 1.98. The molecule has 0 spiro atoms. The monoisotopic (exact) mass is 336 g/mol. The average Bonchev–Trinajstić information content (AvgIpc) is 2.85. The van der Waals surface area contributed by atoms with Gasteiger partial charge in [0.2, 0.25) is 0 Å². The van der Waals surface area contributed by atoms with E-state index in [2.05, 4.69) is 4.74 Å². The number of methoxy groups -OCH3 is 1. The maximum atomic E-state index is 11.9. The van der Waals surface area contributed by atoms with Crippen LogP contribution in [0.25, 0.3) is 5.69 Å². The molecule has 0 aliphatic heterocycles. The number of phenolic OH excluding ortho intramolecular Hbond substituents is 1. The van der Waals surface area contributed by atoms with E-state index in [0.717, 1.165) is 30.0 Å². The smallest absolute Gasteiger partial charge is 0.357 e. The number of esters is 1. The molecule has 0 atom stereocenters. The third kappa shape index (κ3) is 2.63. The molecule has 0 amide bonds. The van der Waals surface area contributed by atoms with Crippen molar-refractivity contribution in [1.29, 1.82) is 5.26 Å². The fourth-order valence-corrected chi connectivity index (χ4v) is 2.17. The lowest BCUT2D eigenvalue weighted by Gasteiger charge is -2.11. The molecule has 1 aromatic carbocycles. The van der Waals surface area contributed by atoms with E-state index in [-0.39, 0.29) is 27.7 Å². The van der Waals surface area contributed by atoms with Gasteiger partial charge in [-0.15, -0.1) is 0 Å². The largest absolute Gasteiger partial charge is 0.504 e. The van der Waals surface area contributed by atoms with Crippen molar-refractivity contribution < 1.29 is 19.6 Å². The number of aromatic nitrogens is 1. The van der Waals surface area contributed by atoms with Gasteiger partial charge in [0.1, 0.15) is 6.07 Å². The molecule has 0 saturated heterocycles. The first-order valence-electron chi connectivity index (χ1n) is 5.98. The van der Waals surface area contributed by atoms with Gasteiger partial charge in [0.25, 0.3) is 5.69 Å². The first kappa shape index (κ1) is 16.1. The summed E-state index contributed by atoms with van der Waals surface area (Å²) in [6.07, 6.45) is 1.15. The quantitative estimate of drug-likeness (QED) is 0.495. The van der Waals surface area contributed by atoms with Crippen LogP contribution in [0.15, 0.2) is 18.3 Å². The number of benzene rings is 1. The number of aromatic hydroxyl groups is 1. The van der Waals surface area contributed by atoms with Crippen LogP contribution in [0.2, 0.25) is 5.02 Å². The van der Waals surface area contributed by atoms with Crippen LogP contribution in [0.1, 0.15) is 16.1 Å². The van der Waals surface area contributed by atoms with Crippen LogP contribution >= 0.6 is 11.6 Å². The van der Waals surface area contributed by atoms with Crippen molar-refractivity contribution >= 4 is 28.9 Å². The van der Waals surface area contributed by atoms with Crippen LogP contribution in [0.4, 0.5) is 11.4 Å². The van der Waals surface area contributed by atoms with Crippen molar-refractivity contribution in [2.24, 2.45) is 0 Å². The van der Waals surface area contributed by atoms with Gasteiger partial charge in [0.05, 0.1) is 34.0 Å². The van der Waals surface area contributed by atoms with E-state index in [0.29, 0.717) is 0 Å². The number of carbonyl (C=O) groups is 1. The number of carbonyl (C=O) groups excluding carboxylic acids is 1. The van der Waals surface area contributed by atoms with Crippen molar-refractivity contribution in [1.82, 2.24) is 4.57 Å². The number of nitriles is 1. The minimum Gasteiger partial charge on any atom is -0.504 e. The molecule has 1 heterocycles. The molecule has 10 heteroatoms. The van der Waals surface area contributed by atoms with Crippen molar-refractivity contribution in [2.75, 3.05) is 12.8 Å². The van der Waals surface area contributed by atoms with E-state index in [9.17, 15) is 20.0 Å². The number of nitrogens with zero attached hydrogens (tertiary/aromatic N) is 3. The topological polar surface area (TPSA) is 144 Å². The Kier molecular flexibility index (Phi) is 4.11. The Morgan fingerprint density at radius 1 is 1.57 bits per heavy atom. The summed E-state index contributed by atoms with van der Waals surface area (Å²) in [5.74, 6) is -1.40. The van der Waals surface area contributed by atoms with Gasteiger partial charge >= 0.3 is 5.97 Å². The molecular formula is C13H9ClN4O5. The van der Waals surface area contributed by atoms with E-state index in [1.54, 1.807) is 6.07 Å². The van der Waals surface area contributed by atoms with Crippen molar-refractivity contribution in [3.05, 3.63) is 44.7 Å². The van der Waals surface area contributed by atoms with Gasteiger partial charge in [-0.2, -0.15) is 5.26 Å². The molecule has 23 heavy (non-hydrogen) atoms. The number of nitrogen functional groups attached to an aromatic ring is 1. The predicted molar refractivity (Wildman–Crippen MR) is 79.6 cm³/mol. The Labute approximate surface area is 134 Å². The molecule has 0 unspecified atom stereocenters. The van der Waals surface area contributed by atoms with Gasteiger partial charge in [-0.1, -0.05) is 11.6 Å². The Morgan fingerprint density at radius 2 is 2.22 bits per heavy atom. The second-order valence-electron chi connectivity index (χ2n) is 4.33.